The van der Waals surface area contributed by atoms with E-state index in [4.69, 9.17) is 0 Å². The summed E-state index contributed by atoms with van der Waals surface area (Å²) in [6, 6.07) is 0. The van der Waals surface area contributed by atoms with Crippen LogP contribution in [0.25, 0.3) is 0 Å². The molecule has 0 heterocycles. The van der Waals surface area contributed by atoms with Crippen molar-refractivity contribution in [3.8, 4) is 0 Å². The number of Topliss-reactive ketones (excluding diaryl/α,β-unsaturated/α-hetero) is 1. The van der Waals surface area contributed by atoms with Crippen LogP contribution in [0.5, 0.6) is 0 Å². The molecule has 0 aliphatic rings. The van der Waals surface area contributed by atoms with Crippen molar-refractivity contribution in [2.75, 3.05) is 0 Å². The zero-order valence-electron chi connectivity index (χ0n) is 6.56. The molecule has 1 nitrogen and oxygen atoms in total. The van der Waals surface area contributed by atoms with Crippen LogP contribution < -0.4 is 0 Å². The highest BCUT2D eigenvalue weighted by molar-refractivity contribution is 7.20. The van der Waals surface area contributed by atoms with Crippen molar-refractivity contribution in [1.82, 2.24) is 0 Å². The fourth-order valence-electron chi connectivity index (χ4n) is 0.744. The summed E-state index contributed by atoms with van der Waals surface area (Å²) >= 11 is 0. The summed E-state index contributed by atoms with van der Waals surface area (Å²) in [5.41, 5.74) is 0. The molecular weight excluding hydrogens is 131 g/mol. The van der Waals surface area contributed by atoms with Gasteiger partial charge in [-0.3, -0.25) is 4.79 Å². The zero-order valence-corrected chi connectivity index (χ0v) is 7.72. The second-order valence-corrected chi connectivity index (χ2v) is 4.68. The van der Waals surface area contributed by atoms with Gasteiger partial charge < -0.3 is 0 Å². The summed E-state index contributed by atoms with van der Waals surface area (Å²) in [6.45, 7) is 7.68. The minimum absolute atomic E-state index is 0.150. The zero-order chi connectivity index (χ0) is 7.65. The molecule has 0 aliphatic carbocycles. The summed E-state index contributed by atoms with van der Waals surface area (Å²) in [5, 5.41) is -0.242. The molecule has 54 valence electrons. The van der Waals surface area contributed by atoms with Crippen LogP contribution >= 0.6 is 9.24 Å². The van der Waals surface area contributed by atoms with E-state index >= 15 is 0 Å². The maximum Gasteiger partial charge on any atom is 0.144 e. The van der Waals surface area contributed by atoms with Crippen LogP contribution in [0.4, 0.5) is 0 Å². The first-order chi connectivity index (χ1) is 3.85. The lowest BCUT2D eigenvalue weighted by Crippen LogP contribution is -2.28. The maximum atomic E-state index is 11.1. The van der Waals surface area contributed by atoms with E-state index in [-0.39, 0.29) is 11.1 Å². The molecule has 1 atom stereocenters. The average molecular weight is 146 g/mol. The molecular formula is C7H15OP. The second-order valence-electron chi connectivity index (χ2n) is 3.24. The Hall–Kier alpha value is 0.100. The Morgan fingerprint density at radius 1 is 1.44 bits per heavy atom. The standard InChI is InChI=1S/C7H15OP/c1-5(2)6(8)7(3,4)9/h5H,9H2,1-4H3. The molecule has 2 heteroatoms. The molecule has 0 amide bonds. The van der Waals surface area contributed by atoms with Crippen LogP contribution in [0.2, 0.25) is 0 Å². The Labute approximate surface area is 59.4 Å². The lowest BCUT2D eigenvalue weighted by Gasteiger charge is -2.18. The first-order valence-corrected chi connectivity index (χ1v) is 3.76. The molecule has 0 aromatic carbocycles. The normalized spacial score (nSPS) is 12.2. The van der Waals surface area contributed by atoms with Gasteiger partial charge in [0.25, 0.3) is 0 Å². The molecule has 0 fully saturated rings. The van der Waals surface area contributed by atoms with Gasteiger partial charge in [-0.25, -0.2) is 0 Å². The van der Waals surface area contributed by atoms with E-state index in [1.54, 1.807) is 0 Å². The van der Waals surface area contributed by atoms with Gasteiger partial charge in [0.2, 0.25) is 0 Å². The summed E-state index contributed by atoms with van der Waals surface area (Å²) in [5.74, 6) is 0.449. The monoisotopic (exact) mass is 146 g/mol. The Balaban J connectivity index is 4.06. The molecule has 0 saturated carbocycles. The maximum absolute atomic E-state index is 11.1. The SMILES string of the molecule is CC(C)C(=O)C(C)(C)P. The minimum Gasteiger partial charge on any atom is -0.298 e. The van der Waals surface area contributed by atoms with E-state index in [2.05, 4.69) is 9.24 Å². The van der Waals surface area contributed by atoms with Gasteiger partial charge in [0.15, 0.2) is 0 Å². The summed E-state index contributed by atoms with van der Waals surface area (Å²) in [7, 11) is 2.55. The first kappa shape index (κ1) is 9.10. The Morgan fingerprint density at radius 2 is 1.78 bits per heavy atom. The van der Waals surface area contributed by atoms with E-state index in [9.17, 15) is 4.79 Å². The van der Waals surface area contributed by atoms with Gasteiger partial charge in [0, 0.05) is 11.1 Å². The molecule has 0 aliphatic heterocycles. The Kier molecular flexibility index (Phi) is 2.82. The lowest BCUT2D eigenvalue weighted by molar-refractivity contribution is -0.123. The van der Waals surface area contributed by atoms with Gasteiger partial charge in [-0.05, 0) is 13.8 Å². The predicted molar refractivity (Wildman–Crippen MR) is 43.6 cm³/mol. The third kappa shape index (κ3) is 2.95. The fraction of sp³-hybridized carbons (Fsp3) is 0.857. The van der Waals surface area contributed by atoms with E-state index in [0.717, 1.165) is 0 Å². The highest BCUT2D eigenvalue weighted by atomic mass is 31.0. The average Bonchev–Trinajstić information content (AvgIpc) is 1.62. The third-order valence-corrected chi connectivity index (χ3v) is 1.44. The van der Waals surface area contributed by atoms with Crippen LogP contribution in [0, 0.1) is 5.92 Å². The van der Waals surface area contributed by atoms with Crippen LogP contribution in [0.3, 0.4) is 0 Å². The third-order valence-electron chi connectivity index (χ3n) is 1.16. The van der Waals surface area contributed by atoms with Gasteiger partial charge in [-0.2, -0.15) is 0 Å². The van der Waals surface area contributed by atoms with Gasteiger partial charge >= 0.3 is 0 Å². The number of carbonyl (C=O) groups is 1. The quantitative estimate of drug-likeness (QED) is 0.543. The van der Waals surface area contributed by atoms with Gasteiger partial charge in [0.05, 0.1) is 0 Å². The van der Waals surface area contributed by atoms with Crippen molar-refractivity contribution >= 4 is 15.0 Å². The van der Waals surface area contributed by atoms with E-state index in [1.165, 1.54) is 0 Å². The second kappa shape index (κ2) is 2.79. The Bertz CT molecular complexity index is 111. The lowest BCUT2D eigenvalue weighted by atomic mass is 9.98. The molecule has 0 N–H and O–H groups in total. The van der Waals surface area contributed by atoms with Crippen LogP contribution in [-0.2, 0) is 4.79 Å². The fourth-order valence-corrected chi connectivity index (χ4v) is 1.08. The van der Waals surface area contributed by atoms with Crippen LogP contribution in [-0.4, -0.2) is 10.9 Å². The van der Waals surface area contributed by atoms with Crippen molar-refractivity contribution < 1.29 is 4.79 Å². The summed E-state index contributed by atoms with van der Waals surface area (Å²) < 4.78 is 0. The van der Waals surface area contributed by atoms with Crippen molar-refractivity contribution in [1.29, 1.82) is 0 Å². The number of hydrogen-bond acceptors (Lipinski definition) is 1. The van der Waals surface area contributed by atoms with Crippen molar-refractivity contribution in [2.45, 2.75) is 32.9 Å². The molecule has 1 unspecified atom stereocenters. The largest absolute Gasteiger partial charge is 0.298 e. The van der Waals surface area contributed by atoms with Crippen molar-refractivity contribution in [3.05, 3.63) is 0 Å². The highest BCUT2D eigenvalue weighted by Gasteiger charge is 2.23. The molecule has 0 aromatic rings. The first-order valence-electron chi connectivity index (χ1n) is 3.19. The van der Waals surface area contributed by atoms with E-state index in [0.29, 0.717) is 5.78 Å². The highest BCUT2D eigenvalue weighted by Crippen LogP contribution is 2.21. The van der Waals surface area contributed by atoms with Crippen LogP contribution in [0.15, 0.2) is 0 Å². The minimum atomic E-state index is -0.242. The summed E-state index contributed by atoms with van der Waals surface area (Å²) in [6.07, 6.45) is 0. The van der Waals surface area contributed by atoms with Crippen molar-refractivity contribution in [2.24, 2.45) is 5.92 Å². The number of ketones is 1. The molecule has 0 saturated heterocycles. The van der Waals surface area contributed by atoms with Crippen LogP contribution in [0.1, 0.15) is 27.7 Å². The predicted octanol–water partition coefficient (Wildman–Crippen LogP) is 1.87. The smallest absolute Gasteiger partial charge is 0.144 e. The Morgan fingerprint density at radius 3 is 1.78 bits per heavy atom. The van der Waals surface area contributed by atoms with Crippen molar-refractivity contribution in [3.63, 3.8) is 0 Å². The van der Waals surface area contributed by atoms with Gasteiger partial charge in [0.1, 0.15) is 5.78 Å². The molecule has 0 rings (SSSR count). The molecule has 9 heavy (non-hydrogen) atoms. The number of rotatable bonds is 2. The van der Waals surface area contributed by atoms with E-state index in [1.807, 2.05) is 27.7 Å². The molecule has 0 aromatic heterocycles. The number of hydrogen-bond donors (Lipinski definition) is 0. The van der Waals surface area contributed by atoms with E-state index < -0.39 is 0 Å². The number of carbonyl (C=O) groups excluding carboxylic acids is 1. The summed E-state index contributed by atoms with van der Waals surface area (Å²) in [4.78, 5) is 11.1. The van der Waals surface area contributed by atoms with Gasteiger partial charge in [-0.1, -0.05) is 13.8 Å². The molecule has 0 spiro atoms. The topological polar surface area (TPSA) is 17.1 Å². The van der Waals surface area contributed by atoms with Gasteiger partial charge in [-0.15, -0.1) is 9.24 Å². The molecule has 0 bridgehead atoms. The molecule has 0 radical (unpaired) electrons.